The van der Waals surface area contributed by atoms with Gasteiger partial charge in [0, 0.05) is 39.3 Å². The van der Waals surface area contributed by atoms with Crippen molar-refractivity contribution in [2.24, 2.45) is 4.99 Å². The summed E-state index contributed by atoms with van der Waals surface area (Å²) in [6, 6.07) is 8.99. The summed E-state index contributed by atoms with van der Waals surface area (Å²) in [6.45, 7) is 6.00. The smallest absolute Gasteiger partial charge is 0.191 e. The zero-order valence-corrected chi connectivity index (χ0v) is 16.6. The fourth-order valence-electron chi connectivity index (χ4n) is 3.69. The zero-order chi connectivity index (χ0) is 18.7. The van der Waals surface area contributed by atoms with Gasteiger partial charge < -0.3 is 20.1 Å². The third kappa shape index (κ3) is 6.29. The lowest BCUT2D eigenvalue weighted by molar-refractivity contribution is 0.0698. The Labute approximate surface area is 158 Å². The summed E-state index contributed by atoms with van der Waals surface area (Å²) >= 11 is 0. The Morgan fingerprint density at radius 1 is 1.15 bits per heavy atom. The lowest BCUT2D eigenvalue weighted by Crippen LogP contribution is -2.45. The lowest BCUT2D eigenvalue weighted by atomic mass is 9.78. The van der Waals surface area contributed by atoms with Crippen molar-refractivity contribution in [3.05, 3.63) is 35.4 Å². The van der Waals surface area contributed by atoms with Gasteiger partial charge in [-0.1, -0.05) is 42.7 Å². The monoisotopic (exact) mass is 361 g/mol. The molecule has 0 heterocycles. The van der Waals surface area contributed by atoms with Crippen molar-refractivity contribution in [2.45, 2.75) is 44.4 Å². The van der Waals surface area contributed by atoms with E-state index in [0.717, 1.165) is 32.1 Å². The molecule has 0 radical (unpaired) electrons. The predicted molar refractivity (Wildman–Crippen MR) is 108 cm³/mol. The first kappa shape index (κ1) is 20.7. The number of rotatable bonds is 10. The van der Waals surface area contributed by atoms with E-state index < -0.39 is 0 Å². The Bertz CT molecular complexity index is 554. The molecule has 0 bridgehead atoms. The van der Waals surface area contributed by atoms with E-state index in [1.807, 2.05) is 7.05 Å². The Morgan fingerprint density at radius 3 is 2.65 bits per heavy atom. The number of hydrogen-bond acceptors (Lipinski definition) is 3. The predicted octanol–water partition coefficient (Wildman–Crippen LogP) is 3.02. The first-order valence-corrected chi connectivity index (χ1v) is 9.78. The Balaban J connectivity index is 1.80. The van der Waals surface area contributed by atoms with Crippen LogP contribution in [0, 0.1) is 6.92 Å². The molecule has 26 heavy (non-hydrogen) atoms. The molecule has 5 heteroatoms. The second-order valence-corrected chi connectivity index (χ2v) is 7.17. The van der Waals surface area contributed by atoms with Crippen molar-refractivity contribution in [1.82, 2.24) is 10.6 Å². The molecule has 1 saturated carbocycles. The Kier molecular flexibility index (Phi) is 8.92. The summed E-state index contributed by atoms with van der Waals surface area (Å²) < 4.78 is 10.5. The number of hydrogen-bond donors (Lipinski definition) is 2. The molecule has 0 amide bonds. The summed E-state index contributed by atoms with van der Waals surface area (Å²) in [5.74, 6) is 0.876. The minimum atomic E-state index is 0.229. The fourth-order valence-corrected chi connectivity index (χ4v) is 3.69. The zero-order valence-electron chi connectivity index (χ0n) is 16.6. The first-order valence-electron chi connectivity index (χ1n) is 9.78. The van der Waals surface area contributed by atoms with Crippen molar-refractivity contribution in [3.8, 4) is 0 Å². The van der Waals surface area contributed by atoms with Crippen LogP contribution < -0.4 is 10.6 Å². The Morgan fingerprint density at radius 2 is 1.96 bits per heavy atom. The van der Waals surface area contributed by atoms with E-state index >= 15 is 0 Å². The molecule has 2 rings (SSSR count). The second kappa shape index (κ2) is 11.2. The van der Waals surface area contributed by atoms with Gasteiger partial charge in [0.1, 0.15) is 0 Å². The third-order valence-electron chi connectivity index (χ3n) is 5.20. The number of nitrogens with one attached hydrogen (secondary N) is 2. The van der Waals surface area contributed by atoms with Gasteiger partial charge in [0.2, 0.25) is 0 Å². The largest absolute Gasteiger partial charge is 0.382 e. The highest BCUT2D eigenvalue weighted by Crippen LogP contribution is 2.40. The molecule has 1 aliphatic rings. The maximum Gasteiger partial charge on any atom is 0.191 e. The van der Waals surface area contributed by atoms with Crippen molar-refractivity contribution < 1.29 is 9.47 Å². The molecule has 0 aliphatic heterocycles. The van der Waals surface area contributed by atoms with Crippen LogP contribution in [0.5, 0.6) is 0 Å². The Hall–Kier alpha value is -1.59. The highest BCUT2D eigenvalue weighted by Gasteiger charge is 2.35. The van der Waals surface area contributed by atoms with Crippen LogP contribution in [-0.4, -0.2) is 53.0 Å². The minimum Gasteiger partial charge on any atom is -0.382 e. The maximum absolute atomic E-state index is 5.49. The number of guanidine groups is 1. The van der Waals surface area contributed by atoms with Gasteiger partial charge in [-0.3, -0.25) is 4.99 Å². The molecular weight excluding hydrogens is 326 g/mol. The van der Waals surface area contributed by atoms with Crippen LogP contribution in [0.3, 0.4) is 0 Å². The highest BCUT2D eigenvalue weighted by atomic mass is 16.5. The van der Waals surface area contributed by atoms with Gasteiger partial charge in [-0.2, -0.15) is 0 Å². The van der Waals surface area contributed by atoms with Crippen LogP contribution >= 0.6 is 0 Å². The van der Waals surface area contributed by atoms with Gasteiger partial charge in [-0.25, -0.2) is 0 Å². The molecule has 2 N–H and O–H groups in total. The number of ether oxygens (including phenoxy) is 2. The van der Waals surface area contributed by atoms with E-state index in [9.17, 15) is 0 Å². The van der Waals surface area contributed by atoms with Gasteiger partial charge in [0.15, 0.2) is 5.96 Å². The van der Waals surface area contributed by atoms with Crippen molar-refractivity contribution in [2.75, 3.05) is 47.1 Å². The van der Waals surface area contributed by atoms with Crippen molar-refractivity contribution >= 4 is 5.96 Å². The SMILES string of the molecule is CN=C(NCCCOCCOC)NCC1(c2cccc(C)c2)CCCC1. The van der Waals surface area contributed by atoms with Crippen molar-refractivity contribution in [3.63, 3.8) is 0 Å². The summed E-state index contributed by atoms with van der Waals surface area (Å²) in [7, 11) is 3.52. The van der Waals surface area contributed by atoms with Crippen LogP contribution in [0.25, 0.3) is 0 Å². The fraction of sp³-hybridized carbons (Fsp3) is 0.667. The normalized spacial score (nSPS) is 16.7. The van der Waals surface area contributed by atoms with Crippen LogP contribution in [0.2, 0.25) is 0 Å². The topological polar surface area (TPSA) is 54.9 Å². The minimum absolute atomic E-state index is 0.229. The van der Waals surface area contributed by atoms with Gasteiger partial charge in [0.25, 0.3) is 0 Å². The summed E-state index contributed by atoms with van der Waals surface area (Å²) in [5, 5.41) is 6.95. The molecule has 1 aliphatic carbocycles. The van der Waals surface area contributed by atoms with Gasteiger partial charge in [0.05, 0.1) is 13.2 Å². The first-order chi connectivity index (χ1) is 12.7. The molecule has 0 unspecified atom stereocenters. The van der Waals surface area contributed by atoms with Crippen LogP contribution in [0.15, 0.2) is 29.3 Å². The molecule has 0 atom stereocenters. The second-order valence-electron chi connectivity index (χ2n) is 7.17. The molecule has 1 aromatic carbocycles. The average Bonchev–Trinajstić information content (AvgIpc) is 3.13. The van der Waals surface area contributed by atoms with E-state index in [0.29, 0.717) is 13.2 Å². The van der Waals surface area contributed by atoms with Crippen LogP contribution in [0.4, 0.5) is 0 Å². The van der Waals surface area contributed by atoms with Crippen molar-refractivity contribution in [1.29, 1.82) is 0 Å². The molecule has 0 saturated heterocycles. The summed E-state index contributed by atoms with van der Waals surface area (Å²) in [6.07, 6.45) is 6.05. The lowest BCUT2D eigenvalue weighted by Gasteiger charge is -2.31. The molecule has 0 aromatic heterocycles. The van der Waals surface area contributed by atoms with E-state index in [1.165, 1.54) is 36.8 Å². The molecule has 1 aromatic rings. The molecule has 1 fully saturated rings. The molecule has 146 valence electrons. The molecular formula is C21H35N3O2. The number of nitrogens with zero attached hydrogens (tertiary/aromatic N) is 1. The van der Waals surface area contributed by atoms with Gasteiger partial charge in [-0.05, 0) is 31.7 Å². The number of methoxy groups -OCH3 is 1. The number of aliphatic imine (C=N–C) groups is 1. The van der Waals surface area contributed by atoms with E-state index in [2.05, 4.69) is 46.8 Å². The van der Waals surface area contributed by atoms with E-state index in [1.54, 1.807) is 7.11 Å². The summed E-state index contributed by atoms with van der Waals surface area (Å²) in [4.78, 5) is 4.37. The molecule has 0 spiro atoms. The van der Waals surface area contributed by atoms with Gasteiger partial charge in [-0.15, -0.1) is 0 Å². The van der Waals surface area contributed by atoms with Gasteiger partial charge >= 0.3 is 0 Å². The van der Waals surface area contributed by atoms with Crippen LogP contribution in [-0.2, 0) is 14.9 Å². The third-order valence-corrected chi connectivity index (χ3v) is 5.20. The standard InChI is InChI=1S/C21H35N3O2/c1-18-8-6-9-19(16-18)21(10-4-5-11-21)17-24-20(22-2)23-12-7-13-26-15-14-25-3/h6,8-9,16H,4-5,7,10-15,17H2,1-3H3,(H2,22,23,24). The average molecular weight is 362 g/mol. The van der Waals surface area contributed by atoms with E-state index in [4.69, 9.17) is 9.47 Å². The number of benzene rings is 1. The highest BCUT2D eigenvalue weighted by molar-refractivity contribution is 5.79. The molecule has 5 nitrogen and oxygen atoms in total. The maximum atomic E-state index is 5.49. The number of aryl methyl sites for hydroxylation is 1. The quantitative estimate of drug-likeness (QED) is 0.382. The van der Waals surface area contributed by atoms with Crippen LogP contribution in [0.1, 0.15) is 43.2 Å². The van der Waals surface area contributed by atoms with E-state index in [-0.39, 0.29) is 5.41 Å². The summed E-state index contributed by atoms with van der Waals surface area (Å²) in [5.41, 5.74) is 3.03.